The Balaban J connectivity index is 1.52. The minimum Gasteiger partial charge on any atom is -0.321 e. The van der Waals surface area contributed by atoms with Crippen molar-refractivity contribution in [3.8, 4) is 0 Å². The molecular weight excluding hydrogens is 452 g/mol. The van der Waals surface area contributed by atoms with E-state index in [1.165, 1.54) is 5.56 Å². The highest BCUT2D eigenvalue weighted by Gasteiger charge is 2.15. The van der Waals surface area contributed by atoms with E-state index in [4.69, 9.17) is 0 Å². The number of rotatable bonds is 8. The van der Waals surface area contributed by atoms with Crippen molar-refractivity contribution in [2.24, 2.45) is 0 Å². The first-order valence-corrected chi connectivity index (χ1v) is 12.3. The van der Waals surface area contributed by atoms with E-state index in [9.17, 15) is 9.59 Å². The van der Waals surface area contributed by atoms with Crippen molar-refractivity contribution in [3.63, 3.8) is 0 Å². The summed E-state index contributed by atoms with van der Waals surface area (Å²) in [5.74, 6) is 0.108. The first-order chi connectivity index (χ1) is 17.1. The molecule has 0 aliphatic carbocycles. The molecule has 35 heavy (non-hydrogen) atoms. The number of benzene rings is 4. The Hall–Kier alpha value is -4.09. The Morgan fingerprint density at radius 1 is 0.800 bits per heavy atom. The summed E-state index contributed by atoms with van der Waals surface area (Å²) in [6, 6.07) is 34.6. The van der Waals surface area contributed by atoms with E-state index in [-0.39, 0.29) is 17.5 Å². The molecule has 0 saturated carbocycles. The molecule has 4 aromatic rings. The predicted octanol–water partition coefficient (Wildman–Crippen LogP) is 6.70. The number of thioether (sulfide) groups is 1. The number of carbonyl (C=O) groups is 2. The smallest absolute Gasteiger partial charge is 0.272 e. The minimum atomic E-state index is -0.388. The van der Waals surface area contributed by atoms with Crippen LogP contribution in [-0.2, 0) is 10.5 Å². The Morgan fingerprint density at radius 3 is 2.26 bits per heavy atom. The second-order valence-electron chi connectivity index (χ2n) is 8.05. The fraction of sp³-hybridized carbons (Fsp3) is 0.0667. The van der Waals surface area contributed by atoms with E-state index in [2.05, 4.69) is 22.8 Å². The normalized spacial score (nSPS) is 11.1. The minimum absolute atomic E-state index is 0.173. The molecule has 0 unspecified atom stereocenters. The van der Waals surface area contributed by atoms with Crippen molar-refractivity contribution in [1.29, 1.82) is 0 Å². The fourth-order valence-corrected chi connectivity index (χ4v) is 4.38. The maximum atomic E-state index is 13.3. The van der Waals surface area contributed by atoms with Crippen LogP contribution in [0.4, 0.5) is 5.69 Å². The summed E-state index contributed by atoms with van der Waals surface area (Å²) in [7, 11) is 0. The molecule has 4 nitrogen and oxygen atoms in total. The molecule has 0 spiro atoms. The van der Waals surface area contributed by atoms with Gasteiger partial charge in [0.05, 0.1) is 0 Å². The molecule has 0 aliphatic heterocycles. The first kappa shape index (κ1) is 24.0. The van der Waals surface area contributed by atoms with Crippen molar-refractivity contribution in [2.45, 2.75) is 17.6 Å². The van der Waals surface area contributed by atoms with Crippen LogP contribution in [0.2, 0.25) is 0 Å². The largest absolute Gasteiger partial charge is 0.321 e. The van der Waals surface area contributed by atoms with Gasteiger partial charge in [-0.15, -0.1) is 11.8 Å². The summed E-state index contributed by atoms with van der Waals surface area (Å²) in [6.45, 7) is 1.98. The predicted molar refractivity (Wildman–Crippen MR) is 144 cm³/mol. The van der Waals surface area contributed by atoms with Crippen LogP contribution in [0.3, 0.4) is 0 Å². The van der Waals surface area contributed by atoms with E-state index in [0.29, 0.717) is 11.3 Å². The second-order valence-corrected chi connectivity index (χ2v) is 9.10. The molecule has 0 saturated heterocycles. The molecule has 0 bridgehead atoms. The van der Waals surface area contributed by atoms with Crippen LogP contribution in [0.15, 0.2) is 120 Å². The molecular formula is C30H26N2O2S. The molecule has 4 rings (SSSR count). The lowest BCUT2D eigenvalue weighted by molar-refractivity contribution is -0.113. The van der Waals surface area contributed by atoms with E-state index >= 15 is 0 Å². The quantitative estimate of drug-likeness (QED) is 0.219. The highest BCUT2D eigenvalue weighted by atomic mass is 32.2. The third-order valence-electron chi connectivity index (χ3n) is 5.22. The number of amides is 2. The lowest BCUT2D eigenvalue weighted by atomic mass is 10.1. The molecule has 2 N–H and O–H groups in total. The van der Waals surface area contributed by atoms with Gasteiger partial charge in [-0.05, 0) is 54.5 Å². The number of hydrogen-bond donors (Lipinski definition) is 2. The Bertz CT molecular complexity index is 1330. The van der Waals surface area contributed by atoms with E-state index in [1.54, 1.807) is 42.1 Å². The zero-order valence-corrected chi connectivity index (χ0v) is 20.2. The standard InChI is InChI=1S/C30H26N2O2S/c1-22-10-8-13-24(18-22)19-28(32-29(33)25-14-6-3-7-15-25)30(34)31-26-16-9-17-27(20-26)35-21-23-11-4-2-5-12-23/h2-20H,21H2,1H3,(H,31,34)(H,32,33)/b28-19+. The molecule has 0 atom stereocenters. The summed E-state index contributed by atoms with van der Waals surface area (Å²) in [6.07, 6.45) is 1.69. The summed E-state index contributed by atoms with van der Waals surface area (Å²) >= 11 is 1.70. The van der Waals surface area contributed by atoms with Gasteiger partial charge in [-0.2, -0.15) is 0 Å². The molecule has 0 heterocycles. The molecule has 0 aliphatic rings. The fourth-order valence-electron chi connectivity index (χ4n) is 3.47. The maximum absolute atomic E-state index is 13.3. The van der Waals surface area contributed by atoms with Crippen molar-refractivity contribution < 1.29 is 9.59 Å². The monoisotopic (exact) mass is 478 g/mol. The van der Waals surface area contributed by atoms with Gasteiger partial charge in [0.1, 0.15) is 5.70 Å². The van der Waals surface area contributed by atoms with Gasteiger partial charge in [-0.1, -0.05) is 84.4 Å². The van der Waals surface area contributed by atoms with Gasteiger partial charge in [0.25, 0.3) is 11.8 Å². The average Bonchev–Trinajstić information content (AvgIpc) is 2.88. The van der Waals surface area contributed by atoms with Crippen LogP contribution in [0, 0.1) is 6.92 Å². The van der Waals surface area contributed by atoms with Gasteiger partial charge in [0, 0.05) is 21.9 Å². The topological polar surface area (TPSA) is 58.2 Å². The molecule has 174 valence electrons. The molecule has 2 amide bonds. The Kier molecular flexibility index (Phi) is 8.15. The lowest BCUT2D eigenvalue weighted by Gasteiger charge is -2.12. The van der Waals surface area contributed by atoms with Crippen LogP contribution in [0.5, 0.6) is 0 Å². The number of hydrogen-bond acceptors (Lipinski definition) is 3. The lowest BCUT2D eigenvalue weighted by Crippen LogP contribution is -2.30. The Labute approximate surface area is 210 Å². The van der Waals surface area contributed by atoms with Gasteiger partial charge in [0.15, 0.2) is 0 Å². The molecule has 4 aromatic carbocycles. The Morgan fingerprint density at radius 2 is 1.51 bits per heavy atom. The van der Waals surface area contributed by atoms with Gasteiger partial charge in [-0.25, -0.2) is 0 Å². The van der Waals surface area contributed by atoms with E-state index in [0.717, 1.165) is 21.8 Å². The summed E-state index contributed by atoms with van der Waals surface area (Å²) < 4.78 is 0. The SMILES string of the molecule is Cc1cccc(/C=C(/NC(=O)c2ccccc2)C(=O)Nc2cccc(SCc3ccccc3)c2)c1. The zero-order chi connectivity index (χ0) is 24.5. The van der Waals surface area contributed by atoms with Gasteiger partial charge < -0.3 is 10.6 Å². The summed E-state index contributed by atoms with van der Waals surface area (Å²) in [5.41, 5.74) is 4.45. The van der Waals surface area contributed by atoms with Crippen molar-refractivity contribution in [1.82, 2.24) is 5.32 Å². The number of carbonyl (C=O) groups excluding carboxylic acids is 2. The third kappa shape index (κ3) is 7.19. The van der Waals surface area contributed by atoms with Gasteiger partial charge >= 0.3 is 0 Å². The molecule has 0 fully saturated rings. The number of nitrogens with one attached hydrogen (secondary N) is 2. The van der Waals surface area contributed by atoms with Crippen molar-refractivity contribution >= 4 is 35.3 Å². The van der Waals surface area contributed by atoms with E-state index in [1.807, 2.05) is 79.7 Å². The third-order valence-corrected chi connectivity index (χ3v) is 6.29. The summed E-state index contributed by atoms with van der Waals surface area (Å²) in [4.78, 5) is 27.1. The van der Waals surface area contributed by atoms with Crippen LogP contribution in [0.25, 0.3) is 6.08 Å². The highest BCUT2D eigenvalue weighted by molar-refractivity contribution is 7.98. The molecule has 0 radical (unpaired) electrons. The molecule has 5 heteroatoms. The van der Waals surface area contributed by atoms with Crippen LogP contribution in [-0.4, -0.2) is 11.8 Å². The van der Waals surface area contributed by atoms with Crippen LogP contribution < -0.4 is 10.6 Å². The summed E-state index contributed by atoms with van der Waals surface area (Å²) in [5, 5.41) is 5.72. The first-order valence-electron chi connectivity index (χ1n) is 11.3. The van der Waals surface area contributed by atoms with E-state index < -0.39 is 0 Å². The molecule has 0 aromatic heterocycles. The maximum Gasteiger partial charge on any atom is 0.272 e. The zero-order valence-electron chi connectivity index (χ0n) is 19.4. The highest BCUT2D eigenvalue weighted by Crippen LogP contribution is 2.25. The second kappa shape index (κ2) is 11.9. The number of anilines is 1. The number of aryl methyl sites for hydroxylation is 1. The van der Waals surface area contributed by atoms with Crippen LogP contribution >= 0.6 is 11.8 Å². The average molecular weight is 479 g/mol. The van der Waals surface area contributed by atoms with Crippen molar-refractivity contribution in [2.75, 3.05) is 5.32 Å². The van der Waals surface area contributed by atoms with Gasteiger partial charge in [-0.3, -0.25) is 9.59 Å². The van der Waals surface area contributed by atoms with Gasteiger partial charge in [0.2, 0.25) is 0 Å². The van der Waals surface area contributed by atoms with Crippen molar-refractivity contribution in [3.05, 3.63) is 137 Å². The van der Waals surface area contributed by atoms with Crippen LogP contribution in [0.1, 0.15) is 27.0 Å².